The molecule has 0 aliphatic heterocycles. The zero-order chi connectivity index (χ0) is 10.2. The Hall–Kier alpha value is -1.82. The third-order valence-corrected chi connectivity index (χ3v) is 2.75. The monoisotopic (exact) mass is 187 g/mol. The molecule has 3 heteroatoms. The van der Waals surface area contributed by atoms with E-state index in [1.807, 2.05) is 30.3 Å². The van der Waals surface area contributed by atoms with E-state index in [-0.39, 0.29) is 0 Å². The molecule has 1 aliphatic rings. The van der Waals surface area contributed by atoms with Crippen LogP contribution in [0.4, 0.5) is 0 Å². The quantitative estimate of drug-likeness (QED) is 0.764. The fourth-order valence-electron chi connectivity index (χ4n) is 1.80. The van der Waals surface area contributed by atoms with Crippen molar-refractivity contribution in [1.29, 1.82) is 5.26 Å². The van der Waals surface area contributed by atoms with Crippen molar-refractivity contribution >= 4 is 5.97 Å². The van der Waals surface area contributed by atoms with Crippen molar-refractivity contribution in [1.82, 2.24) is 0 Å². The van der Waals surface area contributed by atoms with E-state index >= 15 is 0 Å². The second-order valence-corrected chi connectivity index (χ2v) is 3.54. The highest BCUT2D eigenvalue weighted by atomic mass is 16.4. The third kappa shape index (κ3) is 1.08. The lowest BCUT2D eigenvalue weighted by Crippen LogP contribution is -2.12. The first-order valence-corrected chi connectivity index (χ1v) is 4.40. The van der Waals surface area contributed by atoms with Gasteiger partial charge >= 0.3 is 5.97 Å². The number of nitriles is 1. The van der Waals surface area contributed by atoms with E-state index in [1.54, 1.807) is 0 Å². The molecule has 0 spiro atoms. The molecule has 1 N–H and O–H groups in total. The van der Waals surface area contributed by atoms with Gasteiger partial charge in [0.1, 0.15) is 0 Å². The van der Waals surface area contributed by atoms with Gasteiger partial charge in [0, 0.05) is 0 Å². The molecule has 2 unspecified atom stereocenters. The molecule has 70 valence electrons. The SMILES string of the molecule is N#CC1(c2ccccc2)CC1C(=O)O. The second kappa shape index (κ2) is 2.85. The van der Waals surface area contributed by atoms with Crippen LogP contribution in [-0.4, -0.2) is 11.1 Å². The van der Waals surface area contributed by atoms with Crippen molar-refractivity contribution in [2.24, 2.45) is 5.92 Å². The van der Waals surface area contributed by atoms with E-state index < -0.39 is 17.3 Å². The van der Waals surface area contributed by atoms with Gasteiger partial charge in [0.25, 0.3) is 0 Å². The number of nitrogens with zero attached hydrogens (tertiary/aromatic N) is 1. The Morgan fingerprint density at radius 2 is 2.14 bits per heavy atom. The zero-order valence-corrected chi connectivity index (χ0v) is 7.47. The molecule has 1 saturated carbocycles. The van der Waals surface area contributed by atoms with E-state index in [0.717, 1.165) is 5.56 Å². The number of rotatable bonds is 2. The summed E-state index contributed by atoms with van der Waals surface area (Å²) >= 11 is 0. The number of hydrogen-bond acceptors (Lipinski definition) is 2. The van der Waals surface area contributed by atoms with Crippen LogP contribution in [0.25, 0.3) is 0 Å². The summed E-state index contributed by atoms with van der Waals surface area (Å²) in [5.74, 6) is -1.41. The summed E-state index contributed by atoms with van der Waals surface area (Å²) in [5.41, 5.74) is 0.0440. The van der Waals surface area contributed by atoms with Gasteiger partial charge in [-0.15, -0.1) is 0 Å². The molecule has 2 atom stereocenters. The van der Waals surface area contributed by atoms with Gasteiger partial charge in [-0.1, -0.05) is 30.3 Å². The number of carboxylic acid groups (broad SMARTS) is 1. The number of hydrogen-bond donors (Lipinski definition) is 1. The molecule has 3 nitrogen and oxygen atoms in total. The predicted octanol–water partition coefficient (Wildman–Crippen LogP) is 1.55. The lowest BCUT2D eigenvalue weighted by Gasteiger charge is -2.05. The molecule has 0 aromatic heterocycles. The largest absolute Gasteiger partial charge is 0.481 e. The maximum absolute atomic E-state index is 10.8. The van der Waals surface area contributed by atoms with Crippen molar-refractivity contribution in [2.75, 3.05) is 0 Å². The molecule has 0 heterocycles. The summed E-state index contributed by atoms with van der Waals surface area (Å²) in [6.07, 6.45) is 0.433. The average Bonchev–Trinajstić information content (AvgIpc) is 2.95. The molecule has 1 fully saturated rings. The highest BCUT2D eigenvalue weighted by Gasteiger charge is 2.60. The Labute approximate surface area is 81.6 Å². The van der Waals surface area contributed by atoms with Gasteiger partial charge in [0.15, 0.2) is 0 Å². The molecule has 1 aliphatic carbocycles. The first-order valence-electron chi connectivity index (χ1n) is 4.40. The Bertz CT molecular complexity index is 407. The summed E-state index contributed by atoms with van der Waals surface area (Å²) in [4.78, 5) is 10.8. The summed E-state index contributed by atoms with van der Waals surface area (Å²) in [6.45, 7) is 0. The maximum Gasteiger partial charge on any atom is 0.308 e. The van der Waals surface area contributed by atoms with Crippen LogP contribution in [-0.2, 0) is 10.2 Å². The first kappa shape index (κ1) is 8.76. The van der Waals surface area contributed by atoms with Crippen LogP contribution in [0.3, 0.4) is 0 Å². The molecule has 14 heavy (non-hydrogen) atoms. The first-order chi connectivity index (χ1) is 6.70. The van der Waals surface area contributed by atoms with E-state index in [2.05, 4.69) is 6.07 Å². The van der Waals surface area contributed by atoms with E-state index in [4.69, 9.17) is 10.4 Å². The van der Waals surface area contributed by atoms with Crippen molar-refractivity contribution < 1.29 is 9.90 Å². The molecule has 2 rings (SSSR count). The van der Waals surface area contributed by atoms with Crippen LogP contribution >= 0.6 is 0 Å². The number of aliphatic carboxylic acids is 1. The van der Waals surface area contributed by atoms with Crippen LogP contribution in [0, 0.1) is 17.2 Å². The van der Waals surface area contributed by atoms with Crippen LogP contribution in [0.5, 0.6) is 0 Å². The van der Waals surface area contributed by atoms with Crippen molar-refractivity contribution in [3.05, 3.63) is 35.9 Å². The van der Waals surface area contributed by atoms with Crippen LogP contribution < -0.4 is 0 Å². The Kier molecular flexibility index (Phi) is 1.78. The topological polar surface area (TPSA) is 61.1 Å². The molecule has 1 aromatic rings. The number of benzene rings is 1. The van der Waals surface area contributed by atoms with Gasteiger partial charge in [-0.2, -0.15) is 5.26 Å². The minimum absolute atomic E-state index is 0.433. The van der Waals surface area contributed by atoms with Crippen LogP contribution in [0.2, 0.25) is 0 Å². The molecule has 0 radical (unpaired) electrons. The molecular weight excluding hydrogens is 178 g/mol. The van der Waals surface area contributed by atoms with Crippen LogP contribution in [0.15, 0.2) is 30.3 Å². The standard InChI is InChI=1S/C11H9NO2/c12-7-11(6-9(11)10(13)14)8-4-2-1-3-5-8/h1-5,9H,6H2,(H,13,14). The highest BCUT2D eigenvalue weighted by molar-refractivity contribution is 5.78. The molecule has 0 amide bonds. The van der Waals surface area contributed by atoms with Crippen LogP contribution in [0.1, 0.15) is 12.0 Å². The Morgan fingerprint density at radius 1 is 1.50 bits per heavy atom. The summed E-state index contributed by atoms with van der Waals surface area (Å²) in [6, 6.07) is 11.2. The fraction of sp³-hybridized carbons (Fsp3) is 0.273. The Balaban J connectivity index is 2.36. The molecule has 0 bridgehead atoms. The van der Waals surface area contributed by atoms with E-state index in [0.29, 0.717) is 6.42 Å². The minimum Gasteiger partial charge on any atom is -0.481 e. The van der Waals surface area contributed by atoms with Gasteiger partial charge in [0.05, 0.1) is 17.4 Å². The third-order valence-electron chi connectivity index (χ3n) is 2.75. The summed E-state index contributed by atoms with van der Waals surface area (Å²) < 4.78 is 0. The van der Waals surface area contributed by atoms with Crippen molar-refractivity contribution in [3.8, 4) is 6.07 Å². The van der Waals surface area contributed by atoms with Crippen molar-refractivity contribution in [3.63, 3.8) is 0 Å². The number of carboxylic acids is 1. The second-order valence-electron chi connectivity index (χ2n) is 3.54. The van der Waals surface area contributed by atoms with Gasteiger partial charge in [0.2, 0.25) is 0 Å². The maximum atomic E-state index is 10.8. The van der Waals surface area contributed by atoms with Gasteiger partial charge in [-0.25, -0.2) is 0 Å². The van der Waals surface area contributed by atoms with Gasteiger partial charge < -0.3 is 5.11 Å². The van der Waals surface area contributed by atoms with E-state index in [9.17, 15) is 4.79 Å². The van der Waals surface area contributed by atoms with Gasteiger partial charge in [-0.3, -0.25) is 4.79 Å². The molecular formula is C11H9NO2. The lowest BCUT2D eigenvalue weighted by atomic mass is 9.95. The number of carbonyl (C=O) groups is 1. The van der Waals surface area contributed by atoms with E-state index in [1.165, 1.54) is 0 Å². The van der Waals surface area contributed by atoms with Gasteiger partial charge in [-0.05, 0) is 12.0 Å². The minimum atomic E-state index is -0.879. The molecule has 0 saturated heterocycles. The predicted molar refractivity (Wildman–Crippen MR) is 49.5 cm³/mol. The lowest BCUT2D eigenvalue weighted by molar-refractivity contribution is -0.138. The zero-order valence-electron chi connectivity index (χ0n) is 7.47. The highest BCUT2D eigenvalue weighted by Crippen LogP contribution is 2.53. The molecule has 1 aromatic carbocycles. The summed E-state index contributed by atoms with van der Waals surface area (Å²) in [5, 5.41) is 17.8. The van der Waals surface area contributed by atoms with Crippen molar-refractivity contribution in [2.45, 2.75) is 11.8 Å². The smallest absolute Gasteiger partial charge is 0.308 e. The Morgan fingerprint density at radius 3 is 2.57 bits per heavy atom. The average molecular weight is 187 g/mol. The normalized spacial score (nSPS) is 29.2. The fourth-order valence-corrected chi connectivity index (χ4v) is 1.80. The summed E-state index contributed by atoms with van der Waals surface area (Å²) in [7, 11) is 0.